The highest BCUT2D eigenvalue weighted by Crippen LogP contribution is 2.35. The molecule has 1 atom stereocenters. The Morgan fingerprint density at radius 2 is 1.63 bits per heavy atom. The summed E-state index contributed by atoms with van der Waals surface area (Å²) in [5.74, 6) is -2.11. The Balaban J connectivity index is 1.56. The number of carbonyl (C=O) groups is 3. The molecule has 2 aromatic carbocycles. The molecule has 3 amide bonds. The van der Waals surface area contributed by atoms with Gasteiger partial charge in [-0.25, -0.2) is 14.2 Å². The van der Waals surface area contributed by atoms with Crippen molar-refractivity contribution in [3.05, 3.63) is 78.2 Å². The highest BCUT2D eigenvalue weighted by molar-refractivity contribution is 7.51. The molecule has 1 unspecified atom stereocenters. The second kappa shape index (κ2) is 14.4. The molecule has 0 saturated carbocycles. The van der Waals surface area contributed by atoms with Crippen molar-refractivity contribution in [2.45, 2.75) is 25.8 Å². The third-order valence-corrected chi connectivity index (χ3v) is 7.75. The number of ether oxygens (including phenoxy) is 1. The van der Waals surface area contributed by atoms with Gasteiger partial charge in [0.15, 0.2) is 0 Å². The number of carbonyl (C=O) groups excluding carboxylic acids is 3. The fourth-order valence-electron chi connectivity index (χ4n) is 4.63. The molecule has 1 aliphatic heterocycles. The van der Waals surface area contributed by atoms with Crippen molar-refractivity contribution in [1.82, 2.24) is 20.1 Å². The Morgan fingerprint density at radius 1 is 0.977 bits per heavy atom. The number of amides is 3. The second-order valence-electron chi connectivity index (χ2n) is 10.1. The van der Waals surface area contributed by atoms with Crippen LogP contribution in [0.2, 0.25) is 0 Å². The van der Waals surface area contributed by atoms with Crippen molar-refractivity contribution in [1.29, 1.82) is 0 Å². The maximum absolute atomic E-state index is 14.7. The third-order valence-electron chi connectivity index (χ3n) is 6.91. The van der Waals surface area contributed by atoms with Crippen LogP contribution in [-0.2, 0) is 14.1 Å². The fraction of sp³-hybridized carbons (Fsp3) is 0.333. The molecule has 1 fully saturated rings. The largest absolute Gasteiger partial charge is 0.449 e. The van der Waals surface area contributed by atoms with Crippen LogP contribution < -0.4 is 5.32 Å². The number of nitrogens with one attached hydrogen (secondary N) is 1. The summed E-state index contributed by atoms with van der Waals surface area (Å²) in [6.45, 7) is 2.79. The predicted octanol–water partition coefficient (Wildman–Crippen LogP) is 3.91. The molecule has 1 aromatic heterocycles. The number of nitrogens with zero attached hydrogens (tertiary/aromatic N) is 3. The van der Waals surface area contributed by atoms with E-state index in [4.69, 9.17) is 4.74 Å². The van der Waals surface area contributed by atoms with E-state index in [9.17, 15) is 33.1 Å². The van der Waals surface area contributed by atoms with Crippen LogP contribution in [0.15, 0.2) is 66.7 Å². The van der Waals surface area contributed by atoms with Crippen molar-refractivity contribution in [2.75, 3.05) is 38.9 Å². The standard InChI is InChI=1S/C30H34FN4O7P/c1-2-3-17-42-30(38)35-15-13-34(14-16-35)29(37)27(20-43(39,40)41)33-28(36)26-19-22(21-9-5-4-6-10-21)18-25(32-26)23-11-7-8-12-24(23)31/h4-12,18-19,27H,2-3,13-17,20H2,1H3,(H,33,36)(H2,39,40,41). The fourth-order valence-corrected chi connectivity index (χ4v) is 5.35. The Morgan fingerprint density at radius 3 is 2.28 bits per heavy atom. The monoisotopic (exact) mass is 612 g/mol. The zero-order chi connectivity index (χ0) is 31.0. The van der Waals surface area contributed by atoms with Gasteiger partial charge in [-0.05, 0) is 41.8 Å². The number of halogens is 1. The van der Waals surface area contributed by atoms with Gasteiger partial charge in [-0.2, -0.15) is 0 Å². The van der Waals surface area contributed by atoms with Gasteiger partial charge in [0.1, 0.15) is 17.6 Å². The van der Waals surface area contributed by atoms with Crippen LogP contribution in [0.25, 0.3) is 22.4 Å². The zero-order valence-corrected chi connectivity index (χ0v) is 24.6. The highest BCUT2D eigenvalue weighted by atomic mass is 31.2. The number of piperazine rings is 1. The van der Waals surface area contributed by atoms with E-state index in [1.54, 1.807) is 24.3 Å². The maximum Gasteiger partial charge on any atom is 0.409 e. The van der Waals surface area contributed by atoms with Gasteiger partial charge in [-0.15, -0.1) is 0 Å². The molecule has 0 radical (unpaired) electrons. The van der Waals surface area contributed by atoms with E-state index < -0.39 is 43.5 Å². The first kappa shape index (κ1) is 31.8. The van der Waals surface area contributed by atoms with Gasteiger partial charge in [-0.3, -0.25) is 14.2 Å². The van der Waals surface area contributed by atoms with Gasteiger partial charge in [0.25, 0.3) is 5.91 Å². The van der Waals surface area contributed by atoms with E-state index in [-0.39, 0.29) is 43.1 Å². The van der Waals surface area contributed by atoms with Crippen LogP contribution in [0.3, 0.4) is 0 Å². The van der Waals surface area contributed by atoms with Crippen molar-refractivity contribution in [2.24, 2.45) is 0 Å². The molecule has 1 saturated heterocycles. The quantitative estimate of drug-likeness (QED) is 0.231. The molecule has 2 heterocycles. The molecule has 3 N–H and O–H groups in total. The Kier molecular flexibility index (Phi) is 10.6. The number of hydrogen-bond donors (Lipinski definition) is 3. The van der Waals surface area contributed by atoms with E-state index in [2.05, 4.69) is 10.3 Å². The molecule has 3 aromatic rings. The second-order valence-corrected chi connectivity index (χ2v) is 11.8. The number of pyridine rings is 1. The van der Waals surface area contributed by atoms with E-state index in [1.807, 2.05) is 25.1 Å². The summed E-state index contributed by atoms with van der Waals surface area (Å²) in [7, 11) is -4.76. The Bertz CT molecular complexity index is 1490. The Labute approximate surface area is 248 Å². The summed E-state index contributed by atoms with van der Waals surface area (Å²) in [6.07, 6.45) is 0.183. The molecule has 43 heavy (non-hydrogen) atoms. The minimum absolute atomic E-state index is 0.0917. The van der Waals surface area contributed by atoms with E-state index in [0.29, 0.717) is 12.2 Å². The van der Waals surface area contributed by atoms with Crippen LogP contribution in [0.1, 0.15) is 30.3 Å². The van der Waals surface area contributed by atoms with Crippen molar-refractivity contribution < 1.29 is 37.9 Å². The molecule has 228 valence electrons. The lowest BCUT2D eigenvalue weighted by Gasteiger charge is -2.36. The smallest absolute Gasteiger partial charge is 0.409 e. The van der Waals surface area contributed by atoms with Crippen LogP contribution in [0.4, 0.5) is 9.18 Å². The molecule has 11 nitrogen and oxygen atoms in total. The van der Waals surface area contributed by atoms with E-state index in [0.717, 1.165) is 18.4 Å². The normalized spacial score (nSPS) is 14.2. The SMILES string of the molecule is CCCCOC(=O)N1CCN(C(=O)C(CP(=O)(O)O)NC(=O)c2cc(-c3ccccc3)cc(-c3ccccc3F)n2)CC1. The molecular weight excluding hydrogens is 578 g/mol. The van der Waals surface area contributed by atoms with E-state index >= 15 is 0 Å². The summed E-state index contributed by atoms with van der Waals surface area (Å²) >= 11 is 0. The lowest BCUT2D eigenvalue weighted by molar-refractivity contribution is -0.134. The zero-order valence-electron chi connectivity index (χ0n) is 23.7. The predicted molar refractivity (Wildman–Crippen MR) is 158 cm³/mol. The molecule has 1 aliphatic rings. The molecule has 4 rings (SSSR count). The average molecular weight is 613 g/mol. The minimum Gasteiger partial charge on any atom is -0.449 e. The van der Waals surface area contributed by atoms with Crippen LogP contribution in [0, 0.1) is 5.82 Å². The first-order valence-electron chi connectivity index (χ1n) is 13.9. The van der Waals surface area contributed by atoms with Gasteiger partial charge in [0.05, 0.1) is 18.5 Å². The average Bonchev–Trinajstić information content (AvgIpc) is 3.00. The lowest BCUT2D eigenvalue weighted by Crippen LogP contribution is -2.56. The summed E-state index contributed by atoms with van der Waals surface area (Å²) < 4.78 is 31.9. The van der Waals surface area contributed by atoms with Crippen molar-refractivity contribution in [3.63, 3.8) is 0 Å². The molecular formula is C30H34FN4O7P. The molecule has 0 spiro atoms. The summed E-state index contributed by atoms with van der Waals surface area (Å²) in [6, 6.07) is 16.5. The lowest BCUT2D eigenvalue weighted by atomic mass is 10.0. The van der Waals surface area contributed by atoms with Gasteiger partial charge < -0.3 is 29.6 Å². The van der Waals surface area contributed by atoms with Crippen molar-refractivity contribution >= 4 is 25.5 Å². The minimum atomic E-state index is -4.76. The van der Waals surface area contributed by atoms with Crippen LogP contribution in [-0.4, -0.2) is 87.5 Å². The van der Waals surface area contributed by atoms with Crippen molar-refractivity contribution in [3.8, 4) is 22.4 Å². The maximum atomic E-state index is 14.7. The summed E-state index contributed by atoms with van der Waals surface area (Å²) in [4.78, 5) is 65.7. The van der Waals surface area contributed by atoms with Crippen LogP contribution >= 0.6 is 7.60 Å². The highest BCUT2D eigenvalue weighted by Gasteiger charge is 2.35. The van der Waals surface area contributed by atoms with Gasteiger partial charge in [-0.1, -0.05) is 55.8 Å². The number of rotatable bonds is 10. The van der Waals surface area contributed by atoms with Crippen LogP contribution in [0.5, 0.6) is 0 Å². The number of unbranched alkanes of at least 4 members (excludes halogenated alkanes) is 1. The van der Waals surface area contributed by atoms with Gasteiger partial charge in [0, 0.05) is 31.7 Å². The number of benzene rings is 2. The third kappa shape index (κ3) is 8.70. The number of aromatic nitrogens is 1. The van der Waals surface area contributed by atoms with Gasteiger partial charge >= 0.3 is 13.7 Å². The molecule has 0 aliphatic carbocycles. The first-order valence-corrected chi connectivity index (χ1v) is 15.7. The van der Waals surface area contributed by atoms with E-state index in [1.165, 1.54) is 34.1 Å². The molecule has 13 heteroatoms. The van der Waals surface area contributed by atoms with Gasteiger partial charge in [0.2, 0.25) is 5.91 Å². The Hall–Kier alpha value is -4.12. The topological polar surface area (TPSA) is 149 Å². The molecule has 0 bridgehead atoms. The summed E-state index contributed by atoms with van der Waals surface area (Å²) in [5, 5.41) is 2.44. The first-order chi connectivity index (χ1) is 20.6. The summed E-state index contributed by atoms with van der Waals surface area (Å²) in [5.41, 5.74) is 1.44. The number of hydrogen-bond acceptors (Lipinski definition) is 6.